The molecule has 0 aromatic heterocycles. The standard InChI is InChI=1S/C11H11NO2S/c13-10-4-2-1-3-8(10)7-12-9-5-6-15-11(9)14/h1-4,7,9,13H,5-6H2. The van der Waals surface area contributed by atoms with Gasteiger partial charge in [-0.15, -0.1) is 0 Å². The third-order valence-electron chi connectivity index (χ3n) is 2.24. The van der Waals surface area contributed by atoms with E-state index in [-0.39, 0.29) is 16.9 Å². The summed E-state index contributed by atoms with van der Waals surface area (Å²) in [5.74, 6) is 1.04. The van der Waals surface area contributed by atoms with Gasteiger partial charge in [-0.3, -0.25) is 9.79 Å². The molecule has 0 aliphatic carbocycles. The number of carbonyl (C=O) groups is 1. The van der Waals surface area contributed by atoms with Crippen LogP contribution in [-0.4, -0.2) is 28.2 Å². The lowest BCUT2D eigenvalue weighted by atomic mass is 10.2. The Morgan fingerprint density at radius 3 is 2.93 bits per heavy atom. The van der Waals surface area contributed by atoms with Crippen molar-refractivity contribution < 1.29 is 9.90 Å². The van der Waals surface area contributed by atoms with E-state index in [1.807, 2.05) is 6.07 Å². The van der Waals surface area contributed by atoms with E-state index in [1.165, 1.54) is 11.8 Å². The molecule has 0 radical (unpaired) electrons. The zero-order valence-electron chi connectivity index (χ0n) is 8.09. The van der Waals surface area contributed by atoms with Crippen LogP contribution in [0.5, 0.6) is 5.75 Å². The van der Waals surface area contributed by atoms with Crippen LogP contribution in [0.3, 0.4) is 0 Å². The molecule has 1 N–H and O–H groups in total. The van der Waals surface area contributed by atoms with Crippen LogP contribution in [0.25, 0.3) is 0 Å². The van der Waals surface area contributed by atoms with Crippen LogP contribution in [0.4, 0.5) is 0 Å². The molecular weight excluding hydrogens is 210 g/mol. The van der Waals surface area contributed by atoms with Gasteiger partial charge in [-0.2, -0.15) is 0 Å². The molecule has 0 saturated carbocycles. The van der Waals surface area contributed by atoms with Gasteiger partial charge in [0.05, 0.1) is 0 Å². The number of carbonyl (C=O) groups excluding carboxylic acids is 1. The summed E-state index contributed by atoms with van der Waals surface area (Å²) in [6.45, 7) is 0. The fraction of sp³-hybridized carbons (Fsp3) is 0.273. The SMILES string of the molecule is O=C1SCCC1N=Cc1ccccc1O. The maximum absolute atomic E-state index is 11.3. The smallest absolute Gasteiger partial charge is 0.213 e. The minimum atomic E-state index is -0.227. The summed E-state index contributed by atoms with van der Waals surface area (Å²) < 4.78 is 0. The van der Waals surface area contributed by atoms with Crippen molar-refractivity contribution in [1.29, 1.82) is 0 Å². The van der Waals surface area contributed by atoms with Crippen molar-refractivity contribution in [3.8, 4) is 5.75 Å². The molecule has 2 rings (SSSR count). The molecule has 1 saturated heterocycles. The lowest BCUT2D eigenvalue weighted by molar-refractivity contribution is -0.111. The second-order valence-corrected chi connectivity index (χ2v) is 4.41. The molecule has 0 amide bonds. The van der Waals surface area contributed by atoms with Crippen LogP contribution in [0, 0.1) is 0 Å². The van der Waals surface area contributed by atoms with E-state index in [0.717, 1.165) is 12.2 Å². The predicted molar refractivity (Wildman–Crippen MR) is 61.6 cm³/mol. The molecular formula is C11H11NO2S. The van der Waals surface area contributed by atoms with Gasteiger partial charge in [0.1, 0.15) is 11.8 Å². The molecule has 4 heteroatoms. The van der Waals surface area contributed by atoms with Crippen LogP contribution in [0.15, 0.2) is 29.3 Å². The zero-order chi connectivity index (χ0) is 10.7. The summed E-state index contributed by atoms with van der Waals surface area (Å²) in [5.41, 5.74) is 0.655. The number of benzene rings is 1. The van der Waals surface area contributed by atoms with E-state index in [9.17, 15) is 9.90 Å². The Bertz CT molecular complexity index is 403. The average molecular weight is 221 g/mol. The topological polar surface area (TPSA) is 49.7 Å². The molecule has 15 heavy (non-hydrogen) atoms. The minimum Gasteiger partial charge on any atom is -0.507 e. The Morgan fingerprint density at radius 1 is 1.47 bits per heavy atom. The first kappa shape index (κ1) is 10.2. The number of phenols is 1. The van der Waals surface area contributed by atoms with Gasteiger partial charge >= 0.3 is 0 Å². The molecule has 1 aliphatic heterocycles. The third-order valence-corrected chi connectivity index (χ3v) is 3.23. The van der Waals surface area contributed by atoms with Crippen molar-refractivity contribution in [3.63, 3.8) is 0 Å². The van der Waals surface area contributed by atoms with Gasteiger partial charge in [0, 0.05) is 17.5 Å². The number of aliphatic imine (C=N–C) groups is 1. The highest BCUT2D eigenvalue weighted by Gasteiger charge is 2.23. The Morgan fingerprint density at radius 2 is 2.27 bits per heavy atom. The highest BCUT2D eigenvalue weighted by molar-refractivity contribution is 8.14. The van der Waals surface area contributed by atoms with Crippen molar-refractivity contribution in [1.82, 2.24) is 0 Å². The van der Waals surface area contributed by atoms with Gasteiger partial charge in [0.2, 0.25) is 5.12 Å². The molecule has 1 aromatic carbocycles. The fourth-order valence-corrected chi connectivity index (χ4v) is 2.30. The summed E-state index contributed by atoms with van der Waals surface area (Å²) in [5, 5.41) is 9.60. The first-order valence-corrected chi connectivity index (χ1v) is 5.74. The predicted octanol–water partition coefficient (Wildman–Crippen LogP) is 1.84. The largest absolute Gasteiger partial charge is 0.507 e. The Balaban J connectivity index is 2.11. The summed E-state index contributed by atoms with van der Waals surface area (Å²) >= 11 is 1.33. The minimum absolute atomic E-state index is 0.127. The molecule has 1 unspecified atom stereocenters. The van der Waals surface area contributed by atoms with E-state index < -0.39 is 0 Å². The van der Waals surface area contributed by atoms with Crippen molar-refractivity contribution in [3.05, 3.63) is 29.8 Å². The summed E-state index contributed by atoms with van der Waals surface area (Å²) in [7, 11) is 0. The van der Waals surface area contributed by atoms with Gasteiger partial charge in [0.25, 0.3) is 0 Å². The monoisotopic (exact) mass is 221 g/mol. The lowest BCUT2D eigenvalue weighted by Crippen LogP contribution is -2.08. The summed E-state index contributed by atoms with van der Waals surface area (Å²) in [6, 6.07) is 6.72. The molecule has 78 valence electrons. The number of aromatic hydroxyl groups is 1. The normalized spacial score (nSPS) is 21.3. The second kappa shape index (κ2) is 4.49. The number of thioether (sulfide) groups is 1. The van der Waals surface area contributed by atoms with Crippen molar-refractivity contribution in [2.45, 2.75) is 12.5 Å². The number of hydrogen-bond donors (Lipinski definition) is 1. The molecule has 1 fully saturated rings. The van der Waals surface area contributed by atoms with Gasteiger partial charge in [-0.05, 0) is 18.6 Å². The van der Waals surface area contributed by atoms with Gasteiger partial charge in [0.15, 0.2) is 0 Å². The molecule has 1 aliphatic rings. The molecule has 3 nitrogen and oxygen atoms in total. The fourth-order valence-electron chi connectivity index (χ4n) is 1.39. The van der Waals surface area contributed by atoms with E-state index in [1.54, 1.807) is 24.4 Å². The number of para-hydroxylation sites is 1. The van der Waals surface area contributed by atoms with E-state index in [2.05, 4.69) is 4.99 Å². The van der Waals surface area contributed by atoms with Crippen LogP contribution in [-0.2, 0) is 4.79 Å². The van der Waals surface area contributed by atoms with Gasteiger partial charge < -0.3 is 5.11 Å². The Hall–Kier alpha value is -1.29. The van der Waals surface area contributed by atoms with E-state index in [4.69, 9.17) is 0 Å². The van der Waals surface area contributed by atoms with Crippen molar-refractivity contribution in [2.75, 3.05) is 5.75 Å². The highest BCUT2D eigenvalue weighted by atomic mass is 32.2. The average Bonchev–Trinajstić information content (AvgIpc) is 2.63. The number of rotatable bonds is 2. The summed E-state index contributed by atoms with van der Waals surface area (Å²) in [6.07, 6.45) is 2.37. The van der Waals surface area contributed by atoms with Gasteiger partial charge in [-0.25, -0.2) is 0 Å². The first-order chi connectivity index (χ1) is 7.27. The first-order valence-electron chi connectivity index (χ1n) is 4.75. The lowest BCUT2D eigenvalue weighted by Gasteiger charge is -2.00. The van der Waals surface area contributed by atoms with Crippen molar-refractivity contribution >= 4 is 23.1 Å². The maximum atomic E-state index is 11.3. The van der Waals surface area contributed by atoms with Crippen LogP contribution < -0.4 is 0 Å². The Kier molecular flexibility index (Phi) is 3.06. The number of hydrogen-bond acceptors (Lipinski definition) is 4. The van der Waals surface area contributed by atoms with Crippen LogP contribution >= 0.6 is 11.8 Å². The van der Waals surface area contributed by atoms with Gasteiger partial charge in [-0.1, -0.05) is 23.9 Å². The zero-order valence-corrected chi connectivity index (χ0v) is 8.91. The Labute approximate surface area is 92.2 Å². The summed E-state index contributed by atoms with van der Waals surface area (Å²) in [4.78, 5) is 15.4. The molecule has 1 heterocycles. The highest BCUT2D eigenvalue weighted by Crippen LogP contribution is 2.22. The van der Waals surface area contributed by atoms with E-state index in [0.29, 0.717) is 5.56 Å². The number of nitrogens with zero attached hydrogens (tertiary/aromatic N) is 1. The second-order valence-electron chi connectivity index (χ2n) is 3.31. The maximum Gasteiger partial charge on any atom is 0.213 e. The van der Waals surface area contributed by atoms with Crippen molar-refractivity contribution in [2.24, 2.45) is 4.99 Å². The molecule has 0 spiro atoms. The van der Waals surface area contributed by atoms with E-state index >= 15 is 0 Å². The molecule has 0 bridgehead atoms. The quantitative estimate of drug-likeness (QED) is 0.775. The molecule has 1 aromatic rings. The third kappa shape index (κ3) is 2.39. The molecule has 1 atom stereocenters. The number of phenolic OH excluding ortho intramolecular Hbond substituents is 1. The van der Waals surface area contributed by atoms with Crippen LogP contribution in [0.2, 0.25) is 0 Å². The van der Waals surface area contributed by atoms with Crippen LogP contribution in [0.1, 0.15) is 12.0 Å².